The van der Waals surface area contributed by atoms with Crippen LogP contribution in [0.25, 0.3) is 11.3 Å². The molecule has 138 valence electrons. The van der Waals surface area contributed by atoms with Gasteiger partial charge in [0, 0.05) is 22.5 Å². The van der Waals surface area contributed by atoms with Crippen LogP contribution in [-0.2, 0) is 11.2 Å². The third kappa shape index (κ3) is 2.65. The van der Waals surface area contributed by atoms with Crippen LogP contribution in [0.4, 0.5) is 5.82 Å². The Morgan fingerprint density at radius 1 is 1.25 bits per heavy atom. The maximum Gasteiger partial charge on any atom is 0.232 e. The van der Waals surface area contributed by atoms with Gasteiger partial charge in [-0.3, -0.25) is 14.8 Å². The van der Waals surface area contributed by atoms with E-state index in [1.165, 1.54) is 0 Å². The van der Waals surface area contributed by atoms with Crippen molar-refractivity contribution in [2.24, 2.45) is 11.8 Å². The number of hydrogen-bond donors (Lipinski definition) is 1. The van der Waals surface area contributed by atoms with Crippen molar-refractivity contribution in [3.05, 3.63) is 58.9 Å². The summed E-state index contributed by atoms with van der Waals surface area (Å²) in [5.74, 6) is 0.641. The van der Waals surface area contributed by atoms with Gasteiger partial charge in [-0.25, -0.2) is 0 Å². The fourth-order valence-corrected chi connectivity index (χ4v) is 4.22. The minimum atomic E-state index is -0.0968. The quantitative estimate of drug-likeness (QED) is 0.738. The summed E-state index contributed by atoms with van der Waals surface area (Å²) in [6, 6.07) is 11.7. The number of hydrogen-bond acceptors (Lipinski definition) is 5. The van der Waals surface area contributed by atoms with Gasteiger partial charge in [0.1, 0.15) is 11.6 Å². The van der Waals surface area contributed by atoms with Crippen molar-refractivity contribution in [1.82, 2.24) is 20.4 Å². The molecule has 2 aliphatic rings. The molecule has 3 aromatic rings. The zero-order valence-corrected chi connectivity index (χ0v) is 15.5. The molecule has 1 amide bonds. The third-order valence-corrected chi connectivity index (χ3v) is 5.79. The van der Waals surface area contributed by atoms with E-state index >= 15 is 0 Å². The molecule has 3 unspecified atom stereocenters. The number of piperidine rings is 1. The first-order valence-electron chi connectivity index (χ1n) is 9.00. The molecule has 1 aliphatic carbocycles. The highest BCUT2D eigenvalue weighted by Crippen LogP contribution is 2.52. The summed E-state index contributed by atoms with van der Waals surface area (Å²) in [5, 5.41) is 25.2. The van der Waals surface area contributed by atoms with E-state index in [1.54, 1.807) is 23.4 Å². The van der Waals surface area contributed by atoms with Crippen molar-refractivity contribution in [3.63, 3.8) is 0 Å². The van der Waals surface area contributed by atoms with Crippen LogP contribution in [0.2, 0.25) is 5.02 Å². The summed E-state index contributed by atoms with van der Waals surface area (Å²) in [5.41, 5.74) is 2.71. The first-order valence-corrected chi connectivity index (χ1v) is 9.38. The number of carbonyl (C=O) groups excluding carboxylic acids is 1. The Bertz CT molecular complexity index is 1090. The highest BCUT2D eigenvalue weighted by atomic mass is 35.5. The van der Waals surface area contributed by atoms with E-state index in [-0.39, 0.29) is 17.9 Å². The number of benzene rings is 1. The minimum absolute atomic E-state index is 0.0265. The highest BCUT2D eigenvalue weighted by Gasteiger charge is 2.59. The number of amides is 1. The zero-order valence-electron chi connectivity index (χ0n) is 14.7. The van der Waals surface area contributed by atoms with Crippen LogP contribution < -0.4 is 4.90 Å². The third-order valence-electron chi connectivity index (χ3n) is 5.54. The average Bonchev–Trinajstić information content (AvgIpc) is 3.29. The molecule has 8 heteroatoms. The number of rotatable bonds is 4. The second-order valence-corrected chi connectivity index (χ2v) is 7.59. The van der Waals surface area contributed by atoms with E-state index < -0.39 is 0 Å². The Hall–Kier alpha value is -3.24. The van der Waals surface area contributed by atoms with Gasteiger partial charge < -0.3 is 0 Å². The van der Waals surface area contributed by atoms with Gasteiger partial charge >= 0.3 is 0 Å². The SMILES string of the molecule is N#Cc1c(N2C(=O)C(Cc3ccc(Cl)cc3)C3CC32)n[nH]c1-c1ccnnc1. The molecule has 1 saturated carbocycles. The van der Waals surface area contributed by atoms with Crippen LogP contribution in [0.1, 0.15) is 17.5 Å². The first-order chi connectivity index (χ1) is 13.7. The Morgan fingerprint density at radius 3 is 2.79 bits per heavy atom. The zero-order chi connectivity index (χ0) is 19.3. The van der Waals surface area contributed by atoms with Gasteiger partial charge in [0.2, 0.25) is 5.91 Å². The number of nitriles is 1. The summed E-state index contributed by atoms with van der Waals surface area (Å²) in [4.78, 5) is 14.9. The summed E-state index contributed by atoms with van der Waals surface area (Å²) >= 11 is 5.96. The van der Waals surface area contributed by atoms with Crippen molar-refractivity contribution in [3.8, 4) is 17.3 Å². The standard InChI is InChI=1S/C20H15ClN6O/c21-13-3-1-11(2-4-13)7-15-14-8-17(14)27(20(15)28)19-16(9-22)18(25-26-19)12-5-6-23-24-10-12/h1-6,10,14-15,17H,7-8H2,(H,25,26). The lowest BCUT2D eigenvalue weighted by Crippen LogP contribution is -2.33. The maximum absolute atomic E-state index is 13.1. The summed E-state index contributed by atoms with van der Waals surface area (Å²) in [7, 11) is 0. The fourth-order valence-electron chi connectivity index (χ4n) is 4.09. The van der Waals surface area contributed by atoms with Crippen molar-refractivity contribution in [2.45, 2.75) is 18.9 Å². The molecule has 1 saturated heterocycles. The molecule has 2 aromatic heterocycles. The predicted molar refractivity (Wildman–Crippen MR) is 102 cm³/mol. The number of halogens is 1. The number of aromatic amines is 1. The van der Waals surface area contributed by atoms with E-state index in [1.807, 2.05) is 24.3 Å². The molecule has 5 rings (SSSR count). The molecule has 0 spiro atoms. The number of aromatic nitrogens is 4. The van der Waals surface area contributed by atoms with Crippen LogP contribution in [0.15, 0.2) is 42.7 Å². The molecule has 0 radical (unpaired) electrons. The molecule has 2 fully saturated rings. The molecule has 1 N–H and O–H groups in total. The van der Waals surface area contributed by atoms with E-state index in [2.05, 4.69) is 26.5 Å². The topological polar surface area (TPSA) is 98.6 Å². The highest BCUT2D eigenvalue weighted by molar-refractivity contribution is 6.30. The van der Waals surface area contributed by atoms with Gasteiger partial charge in [-0.15, -0.1) is 0 Å². The second-order valence-electron chi connectivity index (χ2n) is 7.15. The van der Waals surface area contributed by atoms with Gasteiger partial charge in [0.25, 0.3) is 0 Å². The van der Waals surface area contributed by atoms with Gasteiger partial charge in [0.05, 0.1) is 18.1 Å². The number of fused-ring (bicyclic) bond motifs is 1. The van der Waals surface area contributed by atoms with Crippen LogP contribution in [0, 0.1) is 23.2 Å². The van der Waals surface area contributed by atoms with E-state index in [0.717, 1.165) is 12.0 Å². The maximum atomic E-state index is 13.1. The molecule has 1 aliphatic heterocycles. The number of nitrogens with zero attached hydrogens (tertiary/aromatic N) is 5. The lowest BCUT2D eigenvalue weighted by Gasteiger charge is -2.19. The van der Waals surface area contributed by atoms with Crippen LogP contribution >= 0.6 is 11.6 Å². The van der Waals surface area contributed by atoms with E-state index in [9.17, 15) is 10.1 Å². The Balaban J connectivity index is 1.45. The smallest absolute Gasteiger partial charge is 0.232 e. The Morgan fingerprint density at radius 2 is 2.07 bits per heavy atom. The van der Waals surface area contributed by atoms with Crippen molar-refractivity contribution in [1.29, 1.82) is 5.26 Å². The normalized spacial score (nSPS) is 22.8. The molecular weight excluding hydrogens is 376 g/mol. The first kappa shape index (κ1) is 16.9. The summed E-state index contributed by atoms with van der Waals surface area (Å²) < 4.78 is 0. The summed E-state index contributed by atoms with van der Waals surface area (Å²) in [6.45, 7) is 0. The van der Waals surface area contributed by atoms with Crippen molar-refractivity contribution >= 4 is 23.3 Å². The van der Waals surface area contributed by atoms with Crippen LogP contribution in [0.3, 0.4) is 0 Å². The number of carbonyl (C=O) groups is 1. The monoisotopic (exact) mass is 390 g/mol. The van der Waals surface area contributed by atoms with E-state index in [0.29, 0.717) is 40.0 Å². The number of H-pyrrole nitrogens is 1. The molecule has 7 nitrogen and oxygen atoms in total. The second kappa shape index (κ2) is 6.43. The molecule has 0 bridgehead atoms. The average molecular weight is 391 g/mol. The van der Waals surface area contributed by atoms with Gasteiger partial charge in [-0.05, 0) is 42.5 Å². The van der Waals surface area contributed by atoms with Gasteiger partial charge in [0.15, 0.2) is 5.82 Å². The van der Waals surface area contributed by atoms with Gasteiger partial charge in [-0.2, -0.15) is 20.6 Å². The summed E-state index contributed by atoms with van der Waals surface area (Å²) in [6.07, 6.45) is 4.72. The molecular formula is C20H15ClN6O. The van der Waals surface area contributed by atoms with E-state index in [4.69, 9.17) is 11.6 Å². The van der Waals surface area contributed by atoms with Crippen LogP contribution in [0.5, 0.6) is 0 Å². The molecule has 1 aromatic carbocycles. The molecule has 3 heterocycles. The fraction of sp³-hybridized carbons (Fsp3) is 0.250. The van der Waals surface area contributed by atoms with Crippen molar-refractivity contribution < 1.29 is 4.79 Å². The lowest BCUT2D eigenvalue weighted by molar-refractivity contribution is -0.121. The lowest BCUT2D eigenvalue weighted by atomic mass is 9.95. The molecule has 28 heavy (non-hydrogen) atoms. The minimum Gasteiger partial charge on any atom is -0.291 e. The Kier molecular flexibility index (Phi) is 3.88. The van der Waals surface area contributed by atoms with Crippen molar-refractivity contribution in [2.75, 3.05) is 4.90 Å². The van der Waals surface area contributed by atoms with Gasteiger partial charge in [-0.1, -0.05) is 23.7 Å². The largest absolute Gasteiger partial charge is 0.291 e. The number of nitrogens with one attached hydrogen (secondary N) is 1. The predicted octanol–water partition coefficient (Wildman–Crippen LogP) is 2.99. The Labute approximate surface area is 166 Å². The van der Waals surface area contributed by atoms with Crippen LogP contribution in [-0.4, -0.2) is 32.3 Å². The molecule has 3 atom stereocenters. The number of anilines is 1.